The molecule has 0 aromatic heterocycles. The summed E-state index contributed by atoms with van der Waals surface area (Å²) in [6.07, 6.45) is 44.0. The average Bonchev–Trinajstić information content (AvgIpc) is 3.12. The van der Waals surface area contributed by atoms with Crippen LogP contribution in [0.1, 0.15) is 219 Å². The van der Waals surface area contributed by atoms with Crippen molar-refractivity contribution in [1.29, 1.82) is 0 Å². The van der Waals surface area contributed by atoms with Crippen LogP contribution < -0.4 is 5.32 Å². The van der Waals surface area contributed by atoms with Crippen LogP contribution in [-0.4, -0.2) is 57.3 Å². The second kappa shape index (κ2) is 39.0. The third kappa shape index (κ3) is 32.7. The molecule has 0 saturated carbocycles. The molecule has 0 saturated heterocycles. The number of hydrogen-bond acceptors (Lipinski definition) is 5. The van der Waals surface area contributed by atoms with E-state index in [-0.39, 0.29) is 6.42 Å². The van der Waals surface area contributed by atoms with E-state index in [9.17, 15) is 25.2 Å². The van der Waals surface area contributed by atoms with Gasteiger partial charge in [0.1, 0.15) is 12.2 Å². The molecule has 0 heterocycles. The summed E-state index contributed by atoms with van der Waals surface area (Å²) in [5.74, 6) is -0.630. The first-order valence-corrected chi connectivity index (χ1v) is 21.7. The summed E-state index contributed by atoms with van der Waals surface area (Å²) in [5.41, 5.74) is 0. The van der Waals surface area contributed by atoms with Crippen LogP contribution in [0.5, 0.6) is 0 Å². The van der Waals surface area contributed by atoms with Crippen LogP contribution in [0.4, 0.5) is 0 Å². The van der Waals surface area contributed by atoms with Gasteiger partial charge in [-0.1, -0.05) is 186 Å². The number of aliphatic hydroxyl groups is 4. The van der Waals surface area contributed by atoms with Gasteiger partial charge in [-0.15, -0.1) is 0 Å². The summed E-state index contributed by atoms with van der Waals surface area (Å²) >= 11 is 0. The Morgan fingerprint density at radius 3 is 1.22 bits per heavy atom. The smallest absolute Gasteiger partial charge is 0.249 e. The Hall–Kier alpha value is -1.21. The van der Waals surface area contributed by atoms with Gasteiger partial charge in [-0.25, -0.2) is 0 Å². The Morgan fingerprint density at radius 2 is 0.820 bits per heavy atom. The molecule has 296 valence electrons. The van der Waals surface area contributed by atoms with Crippen molar-refractivity contribution in [1.82, 2.24) is 5.32 Å². The van der Waals surface area contributed by atoms with Crippen molar-refractivity contribution in [3.8, 4) is 0 Å². The maximum atomic E-state index is 12.4. The van der Waals surface area contributed by atoms with Gasteiger partial charge < -0.3 is 25.7 Å². The van der Waals surface area contributed by atoms with Crippen molar-refractivity contribution in [3.63, 3.8) is 0 Å². The van der Waals surface area contributed by atoms with Crippen LogP contribution >= 0.6 is 0 Å². The quantitative estimate of drug-likeness (QED) is 0.0323. The SMILES string of the molecule is CCCCCC/C=C\CCC(O)C(=O)NC(CO)C(O)C(O)CCC/C=C/CCCCCCCCCCCCCCCCCCCCCCC. The van der Waals surface area contributed by atoms with Crippen LogP contribution in [-0.2, 0) is 4.79 Å². The Bertz CT molecular complexity index is 757. The van der Waals surface area contributed by atoms with Crippen molar-refractivity contribution in [2.45, 2.75) is 244 Å². The molecule has 0 fully saturated rings. The van der Waals surface area contributed by atoms with E-state index in [1.165, 1.54) is 154 Å². The zero-order valence-corrected chi connectivity index (χ0v) is 33.2. The van der Waals surface area contributed by atoms with E-state index in [0.717, 1.165) is 25.7 Å². The molecule has 0 rings (SSSR count). The summed E-state index contributed by atoms with van der Waals surface area (Å²) in [7, 11) is 0. The molecular formula is C44H85NO5. The molecule has 0 spiro atoms. The maximum absolute atomic E-state index is 12.4. The van der Waals surface area contributed by atoms with Gasteiger partial charge >= 0.3 is 0 Å². The lowest BCUT2D eigenvalue weighted by molar-refractivity contribution is -0.132. The van der Waals surface area contributed by atoms with Gasteiger partial charge in [0.05, 0.1) is 18.8 Å². The molecule has 4 unspecified atom stereocenters. The third-order valence-electron chi connectivity index (χ3n) is 10.1. The highest BCUT2D eigenvalue weighted by atomic mass is 16.3. The zero-order chi connectivity index (χ0) is 36.8. The largest absolute Gasteiger partial charge is 0.394 e. The Morgan fingerprint density at radius 1 is 0.480 bits per heavy atom. The molecule has 1 amide bonds. The van der Waals surface area contributed by atoms with E-state index in [1.807, 2.05) is 6.08 Å². The molecule has 0 aromatic rings. The highest BCUT2D eigenvalue weighted by molar-refractivity contribution is 5.80. The van der Waals surface area contributed by atoms with E-state index >= 15 is 0 Å². The van der Waals surface area contributed by atoms with E-state index in [1.54, 1.807) is 0 Å². The van der Waals surface area contributed by atoms with Crippen LogP contribution in [0.2, 0.25) is 0 Å². The lowest BCUT2D eigenvalue weighted by atomic mass is 10.00. The van der Waals surface area contributed by atoms with E-state index in [4.69, 9.17) is 0 Å². The Labute approximate surface area is 310 Å². The summed E-state index contributed by atoms with van der Waals surface area (Å²) in [6, 6.07) is -1.01. The van der Waals surface area contributed by atoms with Crippen LogP contribution in [0.15, 0.2) is 24.3 Å². The van der Waals surface area contributed by atoms with Crippen molar-refractivity contribution in [2.24, 2.45) is 0 Å². The Balaban J connectivity index is 3.66. The molecule has 0 radical (unpaired) electrons. The second-order valence-electron chi connectivity index (χ2n) is 15.0. The number of allylic oxidation sites excluding steroid dienone is 4. The number of amides is 1. The molecule has 0 aliphatic carbocycles. The lowest BCUT2D eigenvalue weighted by Crippen LogP contribution is -2.53. The van der Waals surface area contributed by atoms with Crippen molar-refractivity contribution in [2.75, 3.05) is 6.61 Å². The Kier molecular flexibility index (Phi) is 38.1. The van der Waals surface area contributed by atoms with E-state index in [0.29, 0.717) is 19.3 Å². The number of hydrogen-bond donors (Lipinski definition) is 5. The summed E-state index contributed by atoms with van der Waals surface area (Å²) in [4.78, 5) is 12.4. The van der Waals surface area contributed by atoms with Gasteiger partial charge in [0, 0.05) is 0 Å². The number of aliphatic hydroxyl groups excluding tert-OH is 4. The summed E-state index contributed by atoms with van der Waals surface area (Å²) in [5, 5.41) is 43.3. The summed E-state index contributed by atoms with van der Waals surface area (Å²) < 4.78 is 0. The first-order valence-electron chi connectivity index (χ1n) is 21.7. The molecule has 6 heteroatoms. The van der Waals surface area contributed by atoms with Gasteiger partial charge in [0.2, 0.25) is 5.91 Å². The molecule has 4 atom stereocenters. The van der Waals surface area contributed by atoms with Gasteiger partial charge in [0.25, 0.3) is 0 Å². The predicted octanol–water partition coefficient (Wildman–Crippen LogP) is 11.2. The standard InChI is InChI=1S/C44H85NO5/c1-3-5-7-9-11-13-14-15-16-17-18-19-20-21-22-23-24-25-26-27-28-29-30-32-33-35-37-41(47)43(49)40(39-46)45-44(50)42(48)38-36-34-31-12-10-8-6-4-2/h30-32,34,40-43,46-49H,3-29,33,35-39H2,1-2H3,(H,45,50)/b32-30+,34-31-. The lowest BCUT2D eigenvalue weighted by Gasteiger charge is -2.27. The van der Waals surface area contributed by atoms with Crippen LogP contribution in [0, 0.1) is 0 Å². The van der Waals surface area contributed by atoms with Gasteiger partial charge in [0.15, 0.2) is 0 Å². The van der Waals surface area contributed by atoms with Gasteiger partial charge in [-0.3, -0.25) is 4.79 Å². The molecule has 0 aliphatic heterocycles. The minimum atomic E-state index is -1.29. The maximum Gasteiger partial charge on any atom is 0.249 e. The average molecular weight is 708 g/mol. The molecule has 0 aliphatic rings. The molecular weight excluding hydrogens is 622 g/mol. The fourth-order valence-corrected chi connectivity index (χ4v) is 6.64. The first-order chi connectivity index (χ1) is 24.5. The molecule has 50 heavy (non-hydrogen) atoms. The topological polar surface area (TPSA) is 110 Å². The number of nitrogens with one attached hydrogen (secondary N) is 1. The number of rotatable bonds is 39. The monoisotopic (exact) mass is 708 g/mol. The minimum Gasteiger partial charge on any atom is -0.394 e. The van der Waals surface area contributed by atoms with Gasteiger partial charge in [-0.2, -0.15) is 0 Å². The fourth-order valence-electron chi connectivity index (χ4n) is 6.64. The van der Waals surface area contributed by atoms with Gasteiger partial charge in [-0.05, 0) is 57.8 Å². The number of carbonyl (C=O) groups is 1. The highest BCUT2D eigenvalue weighted by Crippen LogP contribution is 2.16. The third-order valence-corrected chi connectivity index (χ3v) is 10.1. The van der Waals surface area contributed by atoms with Crippen LogP contribution in [0.25, 0.3) is 0 Å². The molecule has 5 N–H and O–H groups in total. The van der Waals surface area contributed by atoms with E-state index < -0.39 is 36.9 Å². The van der Waals surface area contributed by atoms with Crippen molar-refractivity contribution < 1.29 is 25.2 Å². The first kappa shape index (κ1) is 48.8. The number of carbonyl (C=O) groups excluding carboxylic acids is 1. The van der Waals surface area contributed by atoms with Crippen molar-refractivity contribution >= 4 is 5.91 Å². The molecule has 0 bridgehead atoms. The summed E-state index contributed by atoms with van der Waals surface area (Å²) in [6.45, 7) is 3.97. The van der Waals surface area contributed by atoms with Crippen molar-refractivity contribution in [3.05, 3.63) is 24.3 Å². The molecule has 0 aromatic carbocycles. The predicted molar refractivity (Wildman–Crippen MR) is 214 cm³/mol. The minimum absolute atomic E-state index is 0.278. The second-order valence-corrected chi connectivity index (χ2v) is 15.0. The molecule has 6 nitrogen and oxygen atoms in total. The highest BCUT2D eigenvalue weighted by Gasteiger charge is 2.28. The zero-order valence-electron chi connectivity index (χ0n) is 33.2. The van der Waals surface area contributed by atoms with E-state index in [2.05, 4.69) is 37.4 Å². The van der Waals surface area contributed by atoms with Crippen LogP contribution in [0.3, 0.4) is 0 Å². The fraction of sp³-hybridized carbons (Fsp3) is 0.886. The normalized spacial score (nSPS) is 14.4. The number of unbranched alkanes of at least 4 members (excludes halogenated alkanes) is 26.